The van der Waals surface area contributed by atoms with Crippen LogP contribution in [-0.2, 0) is 27.2 Å². The highest BCUT2D eigenvalue weighted by molar-refractivity contribution is 6.70. The van der Waals surface area contributed by atoms with Gasteiger partial charge in [-0.2, -0.15) is 0 Å². The summed E-state index contributed by atoms with van der Waals surface area (Å²) in [6, 6.07) is 0. The molecule has 0 radical (unpaired) electrons. The predicted molar refractivity (Wildman–Crippen MR) is 193 cm³/mol. The number of ether oxygens (including phenoxy) is 1. The number of methoxy groups -OCH3 is 1. The van der Waals surface area contributed by atoms with E-state index in [2.05, 4.69) is 110 Å². The van der Waals surface area contributed by atoms with E-state index in [1.54, 1.807) is 0 Å². The molecule has 0 saturated heterocycles. The number of esters is 1. The summed E-state index contributed by atoms with van der Waals surface area (Å²) in [7, 11) is -5.35. The summed E-state index contributed by atoms with van der Waals surface area (Å²) >= 11 is 0. The van der Waals surface area contributed by atoms with Gasteiger partial charge in [0.05, 0.1) is 25.4 Å². The van der Waals surface area contributed by atoms with Gasteiger partial charge in [0.15, 0.2) is 33.3 Å². The Kier molecular flexibility index (Phi) is 17.1. The van der Waals surface area contributed by atoms with Gasteiger partial charge in [-0.3, -0.25) is 4.79 Å². The van der Waals surface area contributed by atoms with Crippen LogP contribution in [0.2, 0.25) is 78.6 Å². The molecule has 0 N–H and O–H groups in total. The third-order valence-corrected chi connectivity index (χ3v) is 11.3. The smallest absolute Gasteiger partial charge is 0.305 e. The Hall–Kier alpha value is -0.342. The van der Waals surface area contributed by atoms with Crippen LogP contribution < -0.4 is 0 Å². The summed E-state index contributed by atoms with van der Waals surface area (Å²) in [5.74, 6) is 0.478. The van der Waals surface area contributed by atoms with Crippen LogP contribution in [0.1, 0.15) is 58.3 Å². The number of unbranched alkanes of at least 4 members (excludes halogenated alkanes) is 1. The molecule has 1 aliphatic carbocycles. The molecule has 43 heavy (non-hydrogen) atoms. The quantitative estimate of drug-likeness (QED) is 0.0556. The van der Waals surface area contributed by atoms with Crippen LogP contribution in [0.15, 0.2) is 24.3 Å². The second-order valence-electron chi connectivity index (χ2n) is 16.3. The molecule has 0 spiro atoms. The lowest BCUT2D eigenvalue weighted by atomic mass is 9.89. The van der Waals surface area contributed by atoms with Crippen molar-refractivity contribution in [2.24, 2.45) is 11.8 Å². The van der Waals surface area contributed by atoms with E-state index in [0.717, 1.165) is 44.9 Å². The Bertz CT molecular complexity index is 867. The van der Waals surface area contributed by atoms with Crippen LogP contribution in [0.5, 0.6) is 0 Å². The van der Waals surface area contributed by atoms with Crippen LogP contribution in [0, 0.1) is 11.8 Å². The number of carbonyl (C=O) groups is 1. The first-order valence-corrected chi connectivity index (χ1v) is 30.3. The topological polar surface area (TPSA) is 63.2 Å². The van der Waals surface area contributed by atoms with Gasteiger partial charge < -0.3 is 22.4 Å². The van der Waals surface area contributed by atoms with Crippen molar-refractivity contribution in [3.63, 3.8) is 0 Å². The minimum atomic E-state index is -1.77. The van der Waals surface area contributed by atoms with E-state index in [1.165, 1.54) is 7.11 Å². The van der Waals surface area contributed by atoms with Gasteiger partial charge in [0.25, 0.3) is 0 Å². The van der Waals surface area contributed by atoms with Crippen LogP contribution in [0.3, 0.4) is 0 Å². The molecule has 0 aromatic carbocycles. The second kappa shape index (κ2) is 18.1. The molecular weight excluding hydrogens is 605 g/mol. The van der Waals surface area contributed by atoms with E-state index in [0.29, 0.717) is 12.3 Å². The maximum atomic E-state index is 11.5. The Balaban J connectivity index is 3.20. The Morgan fingerprint density at radius 3 is 1.88 bits per heavy atom. The number of hydrogen-bond donors (Lipinski definition) is 0. The maximum Gasteiger partial charge on any atom is 0.305 e. The van der Waals surface area contributed by atoms with E-state index in [1.807, 2.05) is 0 Å². The molecule has 0 heterocycles. The van der Waals surface area contributed by atoms with Gasteiger partial charge in [0, 0.05) is 18.4 Å². The van der Waals surface area contributed by atoms with Gasteiger partial charge >= 0.3 is 5.97 Å². The van der Waals surface area contributed by atoms with Crippen molar-refractivity contribution in [1.29, 1.82) is 0 Å². The molecule has 1 saturated carbocycles. The summed E-state index contributed by atoms with van der Waals surface area (Å²) in [5, 5.41) is 0. The van der Waals surface area contributed by atoms with Crippen LogP contribution in [-0.4, -0.2) is 70.8 Å². The van der Waals surface area contributed by atoms with E-state index in [9.17, 15) is 4.79 Å². The molecule has 0 aromatic rings. The molecule has 1 rings (SSSR count). The Morgan fingerprint density at radius 2 is 1.35 bits per heavy atom. The van der Waals surface area contributed by atoms with E-state index < -0.39 is 33.3 Å². The largest absolute Gasteiger partial charge is 0.469 e. The van der Waals surface area contributed by atoms with E-state index in [-0.39, 0.29) is 36.3 Å². The van der Waals surface area contributed by atoms with Gasteiger partial charge in [-0.05, 0) is 136 Å². The van der Waals surface area contributed by atoms with Crippen molar-refractivity contribution in [1.82, 2.24) is 0 Å². The number of allylic oxidation sites excluding steroid dienone is 2. The third-order valence-electron chi connectivity index (χ3n) is 7.14. The van der Waals surface area contributed by atoms with Crippen molar-refractivity contribution in [3.05, 3.63) is 24.3 Å². The molecule has 6 atom stereocenters. The summed E-state index contributed by atoms with van der Waals surface area (Å²) in [6.07, 6.45) is 17.2. The minimum absolute atomic E-state index is 0.102. The van der Waals surface area contributed by atoms with Gasteiger partial charge in [-0.15, -0.1) is 0 Å². The predicted octanol–water partition coefficient (Wildman–Crippen LogP) is 9.54. The first-order chi connectivity index (χ1) is 19.6. The van der Waals surface area contributed by atoms with Gasteiger partial charge in [0.2, 0.25) is 0 Å². The molecule has 6 nitrogen and oxygen atoms in total. The fourth-order valence-electron chi connectivity index (χ4n) is 5.84. The Morgan fingerprint density at radius 1 is 0.767 bits per heavy atom. The summed E-state index contributed by atoms with van der Waals surface area (Å²) in [6.45, 7) is 29.6. The van der Waals surface area contributed by atoms with Gasteiger partial charge in [-0.1, -0.05) is 24.3 Å². The molecule has 1 aliphatic rings. The monoisotopic (exact) mass is 672 g/mol. The first kappa shape index (κ1) is 40.7. The lowest BCUT2D eigenvalue weighted by Crippen LogP contribution is -2.35. The summed E-state index contributed by atoms with van der Waals surface area (Å²) < 4.78 is 31.5. The van der Waals surface area contributed by atoms with Gasteiger partial charge in [0.1, 0.15) is 0 Å². The normalized spacial score (nSPS) is 23.8. The molecule has 0 bridgehead atoms. The molecular formula is C33H68O6Si4. The van der Waals surface area contributed by atoms with Crippen molar-refractivity contribution < 1.29 is 27.2 Å². The second-order valence-corrected chi connectivity index (χ2v) is 34.2. The molecule has 0 amide bonds. The molecule has 0 aromatic heterocycles. The highest BCUT2D eigenvalue weighted by Crippen LogP contribution is 2.42. The molecule has 10 heteroatoms. The van der Waals surface area contributed by atoms with E-state index >= 15 is 0 Å². The van der Waals surface area contributed by atoms with Crippen molar-refractivity contribution in [3.8, 4) is 0 Å². The van der Waals surface area contributed by atoms with Crippen molar-refractivity contribution >= 4 is 39.2 Å². The standard InChI is InChI=1S/C33H68O6Si4/c1-27(36-40(3,4)5)20-19-21-28(37-41(6,7)8)24-25-30-29(22-17-15-16-18-23-33(34)35-2)31(38-42(9,10)11)26-32(30)39-43(12,13)14/h15,17,24-25,27-32H,16,18-23,26H2,1-14H3/b17-15-,25-24+/t27-,28+,29-,30-,31+,32-/m1/s1. The highest BCUT2D eigenvalue weighted by Gasteiger charge is 2.45. The third kappa shape index (κ3) is 19.7. The molecule has 1 fully saturated rings. The zero-order valence-electron chi connectivity index (χ0n) is 30.4. The highest BCUT2D eigenvalue weighted by atomic mass is 28.4. The SMILES string of the molecule is COC(=O)CCC/C=C\C[C@@H]1[C@@H](/C=C/[C@H](CCC[C@@H](C)O[Si](C)(C)C)O[Si](C)(C)C)[C@H](O[Si](C)(C)C)C[C@@H]1O[Si](C)(C)C. The fourth-order valence-corrected chi connectivity index (χ4v) is 10.6. The summed E-state index contributed by atoms with van der Waals surface area (Å²) in [4.78, 5) is 11.5. The molecule has 252 valence electrons. The first-order valence-electron chi connectivity index (χ1n) is 16.7. The zero-order valence-corrected chi connectivity index (χ0v) is 34.4. The summed E-state index contributed by atoms with van der Waals surface area (Å²) in [5.41, 5.74) is 0. The Labute approximate surface area is 270 Å². The molecule has 0 unspecified atom stereocenters. The van der Waals surface area contributed by atoms with Crippen LogP contribution in [0.4, 0.5) is 0 Å². The number of rotatable bonds is 20. The maximum absolute atomic E-state index is 11.5. The van der Waals surface area contributed by atoms with Crippen LogP contribution in [0.25, 0.3) is 0 Å². The van der Waals surface area contributed by atoms with Crippen molar-refractivity contribution in [2.45, 2.75) is 161 Å². The lowest BCUT2D eigenvalue weighted by molar-refractivity contribution is -0.140. The number of carbonyl (C=O) groups excluding carboxylic acids is 1. The fraction of sp³-hybridized carbons (Fsp3) is 0.848. The zero-order chi connectivity index (χ0) is 33.1. The lowest BCUT2D eigenvalue weighted by Gasteiger charge is -2.30. The average molecular weight is 673 g/mol. The van der Waals surface area contributed by atoms with Gasteiger partial charge in [-0.25, -0.2) is 0 Å². The van der Waals surface area contributed by atoms with Crippen LogP contribution >= 0.6 is 0 Å². The average Bonchev–Trinajstić information content (AvgIpc) is 3.09. The van der Waals surface area contributed by atoms with E-state index in [4.69, 9.17) is 22.4 Å². The number of hydrogen-bond acceptors (Lipinski definition) is 6. The van der Waals surface area contributed by atoms with Crippen molar-refractivity contribution in [2.75, 3.05) is 7.11 Å². The minimum Gasteiger partial charge on any atom is -0.469 e. The molecule has 0 aliphatic heterocycles.